The molecule has 0 spiro atoms. The van der Waals surface area contributed by atoms with Crippen molar-refractivity contribution < 1.29 is 4.42 Å². The van der Waals surface area contributed by atoms with Gasteiger partial charge in [0, 0.05) is 33.1 Å². The van der Waals surface area contributed by atoms with Crippen LogP contribution in [0.25, 0.3) is 82.1 Å². The van der Waals surface area contributed by atoms with E-state index in [0.717, 1.165) is 61.3 Å². The molecule has 0 N–H and O–H groups in total. The third kappa shape index (κ3) is 4.54. The molecule has 3 nitrogen and oxygen atoms in total. The number of benzene rings is 9. The van der Waals surface area contributed by atoms with Gasteiger partial charge in [0.05, 0.1) is 27.8 Å². The number of nitrogens with zero attached hydrogens (tertiary/aromatic N) is 2. The van der Waals surface area contributed by atoms with Gasteiger partial charge in [-0.15, -0.1) is 0 Å². The number of fused-ring (bicyclic) bond motifs is 9. The van der Waals surface area contributed by atoms with Crippen LogP contribution in [0.4, 0.5) is 17.1 Å². The molecular weight excluding hydrogens is 645 g/mol. The van der Waals surface area contributed by atoms with Crippen molar-refractivity contribution >= 4 is 82.4 Å². The van der Waals surface area contributed by atoms with Gasteiger partial charge in [-0.1, -0.05) is 140 Å². The van der Waals surface area contributed by atoms with Crippen molar-refractivity contribution in [2.45, 2.75) is 0 Å². The number of hydrogen-bond donors (Lipinski definition) is 0. The lowest BCUT2D eigenvalue weighted by atomic mass is 9.98. The molecule has 0 fully saturated rings. The monoisotopic (exact) mass is 676 g/mol. The maximum Gasteiger partial charge on any atom is 0.145 e. The van der Waals surface area contributed by atoms with Gasteiger partial charge >= 0.3 is 0 Å². The average molecular weight is 677 g/mol. The lowest BCUT2D eigenvalue weighted by molar-refractivity contribution is 0.670. The van der Waals surface area contributed by atoms with Crippen LogP contribution < -0.4 is 4.90 Å². The summed E-state index contributed by atoms with van der Waals surface area (Å²) in [4.78, 5) is 2.45. The number of rotatable bonds is 5. The third-order valence-electron chi connectivity index (χ3n) is 10.7. The third-order valence-corrected chi connectivity index (χ3v) is 10.7. The molecule has 2 aromatic heterocycles. The van der Waals surface area contributed by atoms with Crippen LogP contribution in [0.5, 0.6) is 0 Å². The molecule has 0 aliphatic heterocycles. The van der Waals surface area contributed by atoms with Crippen molar-refractivity contribution in [2.24, 2.45) is 0 Å². The molecule has 9 aromatic carbocycles. The molecule has 0 saturated heterocycles. The van der Waals surface area contributed by atoms with E-state index in [2.05, 4.69) is 204 Å². The molecule has 11 rings (SSSR count). The van der Waals surface area contributed by atoms with Crippen molar-refractivity contribution in [2.75, 3.05) is 4.90 Å². The second-order valence-electron chi connectivity index (χ2n) is 13.7. The Morgan fingerprint density at radius 2 is 1.11 bits per heavy atom. The van der Waals surface area contributed by atoms with Gasteiger partial charge < -0.3 is 13.9 Å². The van der Waals surface area contributed by atoms with Crippen LogP contribution in [0.2, 0.25) is 0 Å². The van der Waals surface area contributed by atoms with E-state index < -0.39 is 0 Å². The number of anilines is 3. The molecule has 0 aliphatic rings. The van der Waals surface area contributed by atoms with Gasteiger partial charge in [0.2, 0.25) is 0 Å². The summed E-state index contributed by atoms with van der Waals surface area (Å²) in [5.41, 5.74) is 10.6. The number of hydrogen-bond acceptors (Lipinski definition) is 2. The van der Waals surface area contributed by atoms with Crippen LogP contribution in [0.1, 0.15) is 0 Å². The van der Waals surface area contributed by atoms with Crippen LogP contribution in [-0.2, 0) is 0 Å². The van der Waals surface area contributed by atoms with E-state index in [1.54, 1.807) is 0 Å². The molecule has 53 heavy (non-hydrogen) atoms. The molecular formula is C50H32N2O. The van der Waals surface area contributed by atoms with E-state index in [1.807, 2.05) is 0 Å². The maximum atomic E-state index is 6.82. The Bertz CT molecular complexity index is 3170. The summed E-state index contributed by atoms with van der Waals surface area (Å²) in [6, 6.07) is 69.7. The Morgan fingerprint density at radius 3 is 1.98 bits per heavy atom. The Kier molecular flexibility index (Phi) is 6.55. The largest absolute Gasteiger partial charge is 0.455 e. The lowest BCUT2D eigenvalue weighted by Crippen LogP contribution is -2.12. The van der Waals surface area contributed by atoms with Crippen LogP contribution in [0.3, 0.4) is 0 Å². The minimum atomic E-state index is 0.869. The van der Waals surface area contributed by atoms with Crippen molar-refractivity contribution in [3.05, 3.63) is 194 Å². The van der Waals surface area contributed by atoms with Crippen LogP contribution in [-0.4, -0.2) is 4.57 Å². The second kappa shape index (κ2) is 11.7. The molecule has 0 atom stereocenters. The SMILES string of the molecule is c1ccc(-c2ccc(N(c3ccc4c(ccc5ccccc54)c3)c3cccc4c5ccccc5n(-c5ccccc5)c34)c3c2oc2ccccc23)cc1. The molecule has 2 heterocycles. The normalized spacial score (nSPS) is 11.8. The zero-order valence-electron chi connectivity index (χ0n) is 28.8. The molecule has 3 heteroatoms. The standard InChI is InChI=1S/C50H32N2O/c1-3-14-33(15-4-1)40-30-31-45(48-43-21-10-12-25-47(43)53-50(40)48)51(37-28-29-39-35(32-37)27-26-34-16-7-8-19-38(34)39)46-24-13-22-42-41-20-9-11-23-44(41)52(49(42)46)36-17-5-2-6-18-36/h1-32H. The summed E-state index contributed by atoms with van der Waals surface area (Å²) in [5.74, 6) is 0. The molecule has 11 aromatic rings. The Morgan fingerprint density at radius 1 is 0.434 bits per heavy atom. The number of aromatic nitrogens is 1. The molecule has 0 aliphatic carbocycles. The zero-order chi connectivity index (χ0) is 34.9. The summed E-state index contributed by atoms with van der Waals surface area (Å²) < 4.78 is 9.24. The van der Waals surface area contributed by atoms with Gasteiger partial charge in [-0.25, -0.2) is 0 Å². The molecule has 0 saturated carbocycles. The van der Waals surface area contributed by atoms with Crippen LogP contribution in [0.15, 0.2) is 199 Å². The Hall–Kier alpha value is -7.10. The van der Waals surface area contributed by atoms with E-state index in [1.165, 1.54) is 37.8 Å². The molecule has 0 radical (unpaired) electrons. The highest BCUT2D eigenvalue weighted by molar-refractivity contribution is 6.20. The second-order valence-corrected chi connectivity index (χ2v) is 13.7. The van der Waals surface area contributed by atoms with Gasteiger partial charge in [-0.3, -0.25) is 0 Å². The van der Waals surface area contributed by atoms with Gasteiger partial charge in [0.15, 0.2) is 0 Å². The summed E-state index contributed by atoms with van der Waals surface area (Å²) in [6.07, 6.45) is 0. The highest BCUT2D eigenvalue weighted by Gasteiger charge is 2.26. The van der Waals surface area contributed by atoms with Crippen molar-refractivity contribution in [1.29, 1.82) is 0 Å². The quantitative estimate of drug-likeness (QED) is 0.169. The summed E-state index contributed by atoms with van der Waals surface area (Å²) >= 11 is 0. The molecule has 0 bridgehead atoms. The first-order valence-electron chi connectivity index (χ1n) is 18.1. The minimum absolute atomic E-state index is 0.869. The van der Waals surface area contributed by atoms with E-state index in [-0.39, 0.29) is 0 Å². The smallest absolute Gasteiger partial charge is 0.145 e. The van der Waals surface area contributed by atoms with Gasteiger partial charge in [0.1, 0.15) is 11.2 Å². The fourth-order valence-corrected chi connectivity index (χ4v) is 8.42. The molecule has 248 valence electrons. The van der Waals surface area contributed by atoms with E-state index >= 15 is 0 Å². The molecule has 0 amide bonds. The van der Waals surface area contributed by atoms with E-state index in [9.17, 15) is 0 Å². The highest BCUT2D eigenvalue weighted by Crippen LogP contribution is 2.49. The first kappa shape index (κ1) is 29.6. The van der Waals surface area contributed by atoms with Gasteiger partial charge in [0.25, 0.3) is 0 Å². The topological polar surface area (TPSA) is 21.3 Å². The Labute approximate surface area is 306 Å². The first-order valence-corrected chi connectivity index (χ1v) is 18.1. The summed E-state index contributed by atoms with van der Waals surface area (Å²) in [5, 5.41) is 9.51. The summed E-state index contributed by atoms with van der Waals surface area (Å²) in [7, 11) is 0. The lowest BCUT2D eigenvalue weighted by Gasteiger charge is -2.28. The highest BCUT2D eigenvalue weighted by atomic mass is 16.3. The van der Waals surface area contributed by atoms with Crippen molar-refractivity contribution in [3.8, 4) is 16.8 Å². The average Bonchev–Trinajstić information content (AvgIpc) is 3.79. The predicted octanol–water partition coefficient (Wildman–Crippen LogP) is 14.1. The molecule has 0 unspecified atom stereocenters. The summed E-state index contributed by atoms with van der Waals surface area (Å²) in [6.45, 7) is 0. The zero-order valence-corrected chi connectivity index (χ0v) is 28.8. The minimum Gasteiger partial charge on any atom is -0.455 e. The van der Waals surface area contributed by atoms with Gasteiger partial charge in [-0.05, 0) is 81.7 Å². The Balaban J connectivity index is 1.28. The number of para-hydroxylation sites is 4. The van der Waals surface area contributed by atoms with Crippen molar-refractivity contribution in [3.63, 3.8) is 0 Å². The van der Waals surface area contributed by atoms with E-state index in [0.29, 0.717) is 0 Å². The van der Waals surface area contributed by atoms with Crippen molar-refractivity contribution in [1.82, 2.24) is 4.57 Å². The fourth-order valence-electron chi connectivity index (χ4n) is 8.42. The van der Waals surface area contributed by atoms with Gasteiger partial charge in [-0.2, -0.15) is 0 Å². The fraction of sp³-hybridized carbons (Fsp3) is 0. The first-order chi connectivity index (χ1) is 26.3. The van der Waals surface area contributed by atoms with Crippen LogP contribution in [0, 0.1) is 0 Å². The predicted molar refractivity (Wildman–Crippen MR) is 223 cm³/mol. The number of furan rings is 1. The van der Waals surface area contributed by atoms with Crippen LogP contribution >= 0.6 is 0 Å². The van der Waals surface area contributed by atoms with E-state index in [4.69, 9.17) is 4.42 Å². The maximum absolute atomic E-state index is 6.82.